The van der Waals surface area contributed by atoms with Gasteiger partial charge in [0.25, 0.3) is 0 Å². The van der Waals surface area contributed by atoms with Crippen LogP contribution in [0.5, 0.6) is 0 Å². The minimum atomic E-state index is 0.515. The molecule has 3 aromatic heterocycles. The Morgan fingerprint density at radius 3 is 3.15 bits per heavy atom. The zero-order valence-electron chi connectivity index (χ0n) is 6.48. The van der Waals surface area contributed by atoms with Crippen molar-refractivity contribution in [3.63, 3.8) is 0 Å². The van der Waals surface area contributed by atoms with E-state index in [1.807, 2.05) is 0 Å². The van der Waals surface area contributed by atoms with Crippen LogP contribution in [0, 0.1) is 0 Å². The van der Waals surface area contributed by atoms with Gasteiger partial charge in [-0.05, 0) is 0 Å². The fourth-order valence-electron chi connectivity index (χ4n) is 1.29. The summed E-state index contributed by atoms with van der Waals surface area (Å²) >= 11 is 1.50. The molecule has 0 atom stereocenters. The van der Waals surface area contributed by atoms with Crippen LogP contribution in [-0.2, 0) is 0 Å². The second kappa shape index (κ2) is 2.17. The summed E-state index contributed by atoms with van der Waals surface area (Å²) in [5.74, 6) is 0.515. The van der Waals surface area contributed by atoms with Crippen molar-refractivity contribution in [2.24, 2.45) is 0 Å². The summed E-state index contributed by atoms with van der Waals surface area (Å²) in [5.41, 5.74) is 7.49. The molecule has 13 heavy (non-hydrogen) atoms. The van der Waals surface area contributed by atoms with Gasteiger partial charge in [-0.15, -0.1) is 11.3 Å². The molecule has 0 aliphatic carbocycles. The molecule has 5 nitrogen and oxygen atoms in total. The van der Waals surface area contributed by atoms with E-state index in [1.165, 1.54) is 17.7 Å². The number of thiophene rings is 1. The van der Waals surface area contributed by atoms with Gasteiger partial charge in [0.15, 0.2) is 0 Å². The van der Waals surface area contributed by atoms with E-state index in [9.17, 15) is 0 Å². The predicted molar refractivity (Wildman–Crippen MR) is 51.5 cm³/mol. The van der Waals surface area contributed by atoms with E-state index >= 15 is 0 Å². The first-order chi connectivity index (χ1) is 6.36. The first-order valence-electron chi connectivity index (χ1n) is 3.68. The van der Waals surface area contributed by atoms with Crippen LogP contribution in [0.2, 0.25) is 0 Å². The van der Waals surface area contributed by atoms with E-state index in [1.54, 1.807) is 6.33 Å². The molecule has 0 spiro atoms. The zero-order chi connectivity index (χ0) is 8.84. The minimum Gasteiger partial charge on any atom is -0.382 e. The van der Waals surface area contributed by atoms with Gasteiger partial charge in [0.1, 0.15) is 28.0 Å². The summed E-state index contributed by atoms with van der Waals surface area (Å²) in [6.45, 7) is 0. The Morgan fingerprint density at radius 1 is 1.31 bits per heavy atom. The largest absolute Gasteiger partial charge is 0.382 e. The number of nitrogen functional groups attached to an aromatic ring is 1. The Bertz CT molecular complexity index is 581. The van der Waals surface area contributed by atoms with Crippen molar-refractivity contribution in [3.05, 3.63) is 12.7 Å². The number of aromatic amines is 1. The van der Waals surface area contributed by atoms with Crippen LogP contribution in [0.3, 0.4) is 0 Å². The van der Waals surface area contributed by atoms with Gasteiger partial charge in [0, 0.05) is 0 Å². The second-order valence-corrected chi connectivity index (χ2v) is 3.62. The van der Waals surface area contributed by atoms with Gasteiger partial charge in [-0.3, -0.25) is 0 Å². The fourth-order valence-corrected chi connectivity index (χ4v) is 2.26. The lowest BCUT2D eigenvalue weighted by Crippen LogP contribution is -1.89. The average Bonchev–Trinajstić information content (AvgIpc) is 2.65. The minimum absolute atomic E-state index is 0.515. The Balaban J connectivity index is 2.66. The molecule has 0 amide bonds. The van der Waals surface area contributed by atoms with Crippen molar-refractivity contribution >= 4 is 37.7 Å². The average molecular weight is 191 g/mol. The molecule has 0 saturated heterocycles. The van der Waals surface area contributed by atoms with Crippen LogP contribution < -0.4 is 5.73 Å². The third-order valence-electron chi connectivity index (χ3n) is 1.87. The molecule has 0 saturated carbocycles. The van der Waals surface area contributed by atoms with Gasteiger partial charge >= 0.3 is 0 Å². The lowest BCUT2D eigenvalue weighted by Gasteiger charge is -1.90. The van der Waals surface area contributed by atoms with Crippen molar-refractivity contribution in [1.29, 1.82) is 0 Å². The Kier molecular flexibility index (Phi) is 1.13. The number of rotatable bonds is 0. The van der Waals surface area contributed by atoms with Crippen LogP contribution in [0.1, 0.15) is 0 Å². The first kappa shape index (κ1) is 6.79. The number of hydrogen-bond donors (Lipinski definition) is 2. The maximum absolute atomic E-state index is 5.70. The summed E-state index contributed by atoms with van der Waals surface area (Å²) in [6, 6.07) is 0. The topological polar surface area (TPSA) is 80.5 Å². The Morgan fingerprint density at radius 2 is 2.23 bits per heavy atom. The lowest BCUT2D eigenvalue weighted by atomic mass is 10.4. The number of nitrogens with zero attached hydrogens (tertiary/aromatic N) is 3. The molecule has 3 rings (SSSR count). The van der Waals surface area contributed by atoms with Crippen molar-refractivity contribution in [1.82, 2.24) is 19.9 Å². The molecule has 3 heterocycles. The van der Waals surface area contributed by atoms with Gasteiger partial charge < -0.3 is 10.7 Å². The van der Waals surface area contributed by atoms with E-state index in [0.29, 0.717) is 5.82 Å². The highest BCUT2D eigenvalue weighted by Gasteiger charge is 2.10. The third-order valence-corrected chi connectivity index (χ3v) is 2.98. The van der Waals surface area contributed by atoms with Gasteiger partial charge in [-0.25, -0.2) is 15.0 Å². The number of hydrogen-bond acceptors (Lipinski definition) is 5. The SMILES string of the molecule is Nc1ncnc2c1sc1nc[nH]c12. The molecule has 0 unspecified atom stereocenters. The summed E-state index contributed by atoms with van der Waals surface area (Å²) in [6.07, 6.45) is 3.11. The number of nitrogens with one attached hydrogen (secondary N) is 1. The molecule has 0 aliphatic heterocycles. The van der Waals surface area contributed by atoms with Crippen molar-refractivity contribution in [3.8, 4) is 0 Å². The van der Waals surface area contributed by atoms with Gasteiger partial charge in [0.05, 0.1) is 11.0 Å². The van der Waals surface area contributed by atoms with Crippen LogP contribution in [0.4, 0.5) is 5.82 Å². The van der Waals surface area contributed by atoms with Crippen molar-refractivity contribution in [2.75, 3.05) is 5.73 Å². The first-order valence-corrected chi connectivity index (χ1v) is 4.50. The highest BCUT2D eigenvalue weighted by atomic mass is 32.1. The zero-order valence-corrected chi connectivity index (χ0v) is 7.30. The summed E-state index contributed by atoms with van der Waals surface area (Å²) in [4.78, 5) is 16.1. The van der Waals surface area contributed by atoms with Gasteiger partial charge in [-0.1, -0.05) is 0 Å². The second-order valence-electron chi connectivity index (χ2n) is 2.62. The molecule has 6 heteroatoms. The number of nitrogens with two attached hydrogens (primary N) is 1. The summed E-state index contributed by atoms with van der Waals surface area (Å²) in [5, 5.41) is 0. The maximum Gasteiger partial charge on any atom is 0.145 e. The number of imidazole rings is 1. The molecule has 3 aromatic rings. The molecule has 0 fully saturated rings. The molecular weight excluding hydrogens is 186 g/mol. The highest BCUT2D eigenvalue weighted by molar-refractivity contribution is 7.25. The molecule has 0 aromatic carbocycles. The predicted octanol–water partition coefficient (Wildman–Crippen LogP) is 1.15. The normalized spacial score (nSPS) is 11.4. The Labute approximate surface area is 76.6 Å². The van der Waals surface area contributed by atoms with E-state index in [2.05, 4.69) is 19.9 Å². The van der Waals surface area contributed by atoms with E-state index < -0.39 is 0 Å². The molecule has 0 aliphatic rings. The number of H-pyrrole nitrogens is 1. The van der Waals surface area contributed by atoms with E-state index in [0.717, 1.165) is 20.6 Å². The lowest BCUT2D eigenvalue weighted by molar-refractivity contribution is 1.24. The number of aromatic nitrogens is 4. The standard InChI is InChI=1S/C7H5N5S/c8-6-5-3(9-1-11-6)4-7(13-5)12-2-10-4/h1-2H,(H,10,12)(H2,8,9,11). The van der Waals surface area contributed by atoms with Crippen molar-refractivity contribution < 1.29 is 0 Å². The van der Waals surface area contributed by atoms with Crippen LogP contribution in [-0.4, -0.2) is 19.9 Å². The van der Waals surface area contributed by atoms with Crippen molar-refractivity contribution in [2.45, 2.75) is 0 Å². The molecular formula is C7H5N5S. The van der Waals surface area contributed by atoms with Crippen LogP contribution in [0.25, 0.3) is 20.6 Å². The number of anilines is 1. The molecule has 3 N–H and O–H groups in total. The summed E-state index contributed by atoms with van der Waals surface area (Å²) in [7, 11) is 0. The summed E-state index contributed by atoms with van der Waals surface area (Å²) < 4.78 is 0.900. The molecule has 0 radical (unpaired) electrons. The smallest absolute Gasteiger partial charge is 0.145 e. The third kappa shape index (κ3) is 0.775. The highest BCUT2D eigenvalue weighted by Crippen LogP contribution is 2.31. The van der Waals surface area contributed by atoms with Crippen LogP contribution >= 0.6 is 11.3 Å². The quantitative estimate of drug-likeness (QED) is 0.558. The monoisotopic (exact) mass is 191 g/mol. The molecule has 0 bridgehead atoms. The maximum atomic E-state index is 5.70. The van der Waals surface area contributed by atoms with Gasteiger partial charge in [0.2, 0.25) is 0 Å². The van der Waals surface area contributed by atoms with E-state index in [-0.39, 0.29) is 0 Å². The fraction of sp³-hybridized carbons (Fsp3) is 0. The molecule has 64 valence electrons. The number of fused-ring (bicyclic) bond motifs is 3. The van der Waals surface area contributed by atoms with Gasteiger partial charge in [-0.2, -0.15) is 0 Å². The van der Waals surface area contributed by atoms with E-state index in [4.69, 9.17) is 5.73 Å². The Hall–Kier alpha value is -1.69. The van der Waals surface area contributed by atoms with Crippen LogP contribution in [0.15, 0.2) is 12.7 Å².